The molecule has 0 aromatic carbocycles. The zero-order valence-electron chi connectivity index (χ0n) is 23.2. The van der Waals surface area contributed by atoms with Gasteiger partial charge in [0.25, 0.3) is 0 Å². The number of likely N-dealkylation sites (N-methyl/N-ethyl adjacent to an activating group) is 2. The van der Waals surface area contributed by atoms with Gasteiger partial charge in [0.15, 0.2) is 0 Å². The first-order valence-electron chi connectivity index (χ1n) is 12.8. The van der Waals surface area contributed by atoms with Gasteiger partial charge < -0.3 is 14.9 Å². The van der Waals surface area contributed by atoms with Crippen molar-refractivity contribution in [2.75, 3.05) is 52.8 Å². The Kier molecular flexibility index (Phi) is 14.0. The second kappa shape index (κ2) is 16.2. The normalized spacial score (nSPS) is 17.2. The molecule has 2 aliphatic rings. The third-order valence-electron chi connectivity index (χ3n) is 6.59. The molecule has 4 rings (SSSR count). The van der Waals surface area contributed by atoms with Gasteiger partial charge in [0.05, 0.1) is 18.0 Å². The van der Waals surface area contributed by atoms with Crippen LogP contribution in [-0.4, -0.2) is 91.4 Å². The fourth-order valence-corrected chi connectivity index (χ4v) is 4.95. The van der Waals surface area contributed by atoms with Gasteiger partial charge in [0.1, 0.15) is 0 Å². The Morgan fingerprint density at radius 1 is 0.868 bits per heavy atom. The molecule has 0 atom stereocenters. The van der Waals surface area contributed by atoms with Gasteiger partial charge in [-0.25, -0.2) is 4.21 Å². The molecule has 12 heteroatoms. The molecule has 0 unspecified atom stereocenters. The van der Waals surface area contributed by atoms with Crippen molar-refractivity contribution in [2.24, 2.45) is 0 Å². The van der Waals surface area contributed by atoms with Gasteiger partial charge in [0.2, 0.25) is 9.23 Å². The highest BCUT2D eigenvalue weighted by Gasteiger charge is 2.21. The predicted molar refractivity (Wildman–Crippen MR) is 161 cm³/mol. The highest BCUT2D eigenvalue weighted by molar-refractivity contribution is 8.26. The van der Waals surface area contributed by atoms with Gasteiger partial charge in [-0.15, -0.1) is 11.6 Å². The van der Waals surface area contributed by atoms with E-state index in [0.29, 0.717) is 18.0 Å². The maximum absolute atomic E-state index is 9.47. The number of aromatic nitrogens is 4. The molecular formula is C26H41Cl3N6O2S. The van der Waals surface area contributed by atoms with E-state index in [1.807, 2.05) is 23.1 Å². The molecule has 8 nitrogen and oxygen atoms in total. The van der Waals surface area contributed by atoms with Gasteiger partial charge >= 0.3 is 0 Å². The van der Waals surface area contributed by atoms with Crippen molar-refractivity contribution in [3.05, 3.63) is 47.1 Å². The van der Waals surface area contributed by atoms with E-state index in [4.69, 9.17) is 15.8 Å². The zero-order valence-corrected chi connectivity index (χ0v) is 26.3. The van der Waals surface area contributed by atoms with E-state index in [9.17, 15) is 5.11 Å². The first-order valence-corrected chi connectivity index (χ1v) is 16.1. The van der Waals surface area contributed by atoms with Crippen LogP contribution in [0.25, 0.3) is 11.1 Å². The summed E-state index contributed by atoms with van der Waals surface area (Å²) in [6, 6.07) is 4.88. The van der Waals surface area contributed by atoms with Crippen LogP contribution < -0.4 is 0 Å². The Hall–Kier alpha value is -1.20. The smallest absolute Gasteiger partial charge is 0.211 e. The Labute approximate surface area is 243 Å². The molecular weight excluding hydrogens is 567 g/mol. The van der Waals surface area contributed by atoms with Crippen molar-refractivity contribution in [1.29, 1.82) is 0 Å². The number of halogens is 3. The Bertz CT molecular complexity index is 1030. The highest BCUT2D eigenvalue weighted by atomic mass is 36.0. The summed E-state index contributed by atoms with van der Waals surface area (Å²) in [6.07, 6.45) is 5.74. The van der Waals surface area contributed by atoms with Gasteiger partial charge in [-0.1, -0.05) is 0 Å². The van der Waals surface area contributed by atoms with Crippen LogP contribution in [0.1, 0.15) is 64.0 Å². The van der Waals surface area contributed by atoms with E-state index < -0.39 is 9.23 Å². The molecule has 0 fully saturated rings. The quantitative estimate of drug-likeness (QED) is 0.351. The lowest BCUT2D eigenvalue weighted by Crippen LogP contribution is -2.29. The number of nitrogens with zero attached hydrogens (tertiary/aromatic N) is 6. The summed E-state index contributed by atoms with van der Waals surface area (Å²) < 4.78 is 13.2. The van der Waals surface area contributed by atoms with E-state index in [2.05, 4.69) is 93.9 Å². The minimum absolute atomic E-state index is 0.159. The standard InChI is InChI=1S/C13H20ClN3.C13H21N3O.Cl2OS/c1-10(2)17-13(4-6-15-17)12-9-16(3)7-5-11(12)8-14;1-10(2)16-13(4-6-14-16)12-8-15(3)7-5-11(12)9-17;1-4(2)3/h4,6,10H,5,7-9H2,1-3H3;4,6,10,17H,5,7-9H2,1-3H3;. The fourth-order valence-electron chi connectivity index (χ4n) is 4.65. The minimum Gasteiger partial charge on any atom is -0.392 e. The van der Waals surface area contributed by atoms with Crippen LogP contribution in [0.2, 0.25) is 0 Å². The summed E-state index contributed by atoms with van der Waals surface area (Å²) in [5.41, 5.74) is 7.50. The molecule has 0 saturated carbocycles. The number of aliphatic hydroxyl groups excluding tert-OH is 1. The van der Waals surface area contributed by atoms with Gasteiger partial charge in [-0.3, -0.25) is 9.36 Å². The second-order valence-electron chi connectivity index (χ2n) is 10.1. The molecule has 2 aromatic rings. The van der Waals surface area contributed by atoms with Crippen molar-refractivity contribution in [3.8, 4) is 0 Å². The molecule has 0 saturated heterocycles. The third kappa shape index (κ3) is 9.47. The molecule has 38 heavy (non-hydrogen) atoms. The summed E-state index contributed by atoms with van der Waals surface area (Å²) in [5.74, 6) is 0.631. The summed E-state index contributed by atoms with van der Waals surface area (Å²) in [4.78, 5) is 4.62. The number of rotatable bonds is 6. The topological polar surface area (TPSA) is 79.4 Å². The lowest BCUT2D eigenvalue weighted by Gasteiger charge is -2.28. The SMILES string of the molecule is CC(C)n1nccc1C1=C(CCl)CCN(C)C1.CC(C)n1nccc1C1=C(CO)CCN(C)C1.O=S(Cl)Cl. The average Bonchev–Trinajstić information content (AvgIpc) is 3.54. The highest BCUT2D eigenvalue weighted by Crippen LogP contribution is 2.28. The molecule has 0 aliphatic carbocycles. The maximum atomic E-state index is 9.47. The third-order valence-corrected chi connectivity index (χ3v) is 6.91. The van der Waals surface area contributed by atoms with Crippen LogP contribution in [0.4, 0.5) is 0 Å². The Morgan fingerprint density at radius 2 is 1.26 bits per heavy atom. The van der Waals surface area contributed by atoms with Crippen molar-refractivity contribution in [2.45, 2.75) is 52.6 Å². The molecule has 0 bridgehead atoms. The molecule has 1 N–H and O–H groups in total. The second-order valence-corrected chi connectivity index (χ2v) is 12.9. The van der Waals surface area contributed by atoms with Crippen LogP contribution in [0.3, 0.4) is 0 Å². The van der Waals surface area contributed by atoms with Gasteiger partial charge in [-0.2, -0.15) is 10.2 Å². The Morgan fingerprint density at radius 3 is 1.63 bits per heavy atom. The summed E-state index contributed by atoms with van der Waals surface area (Å²) >= 11 is 6.07. The van der Waals surface area contributed by atoms with Gasteiger partial charge in [0, 0.05) is 77.9 Å². The van der Waals surface area contributed by atoms with Crippen molar-refractivity contribution in [3.63, 3.8) is 0 Å². The molecule has 2 aromatic heterocycles. The largest absolute Gasteiger partial charge is 0.392 e. The van der Waals surface area contributed by atoms with Crippen LogP contribution in [-0.2, 0) is 9.23 Å². The summed E-state index contributed by atoms with van der Waals surface area (Å²) in [5, 5.41) is 18.2. The maximum Gasteiger partial charge on any atom is 0.211 e. The van der Waals surface area contributed by atoms with E-state index in [1.165, 1.54) is 22.4 Å². The van der Waals surface area contributed by atoms with E-state index >= 15 is 0 Å². The number of aliphatic hydroxyl groups is 1. The number of hydrogen-bond acceptors (Lipinski definition) is 6. The Balaban J connectivity index is 0.000000234. The first kappa shape index (κ1) is 33.0. The number of alkyl halides is 1. The first-order chi connectivity index (χ1) is 18.0. The average molecular weight is 608 g/mol. The molecule has 0 amide bonds. The fraction of sp³-hybridized carbons (Fsp3) is 0.615. The summed E-state index contributed by atoms with van der Waals surface area (Å²) in [6.45, 7) is 12.7. The minimum atomic E-state index is -1.67. The predicted octanol–water partition coefficient (Wildman–Crippen LogP) is 5.38. The van der Waals surface area contributed by atoms with E-state index in [1.54, 1.807) is 0 Å². The molecule has 214 valence electrons. The van der Waals surface area contributed by atoms with E-state index in [0.717, 1.165) is 50.3 Å². The van der Waals surface area contributed by atoms with Crippen molar-refractivity contribution < 1.29 is 9.32 Å². The van der Waals surface area contributed by atoms with Gasteiger partial charge in [-0.05, 0) is 89.1 Å². The van der Waals surface area contributed by atoms with Crippen LogP contribution >= 0.6 is 33.0 Å². The van der Waals surface area contributed by atoms with Crippen LogP contribution in [0, 0.1) is 0 Å². The lowest BCUT2D eigenvalue weighted by atomic mass is 9.98. The molecule has 2 aliphatic heterocycles. The number of hydrogen-bond donors (Lipinski definition) is 1. The summed E-state index contributed by atoms with van der Waals surface area (Å²) in [7, 11) is 11.6. The van der Waals surface area contributed by atoms with Crippen molar-refractivity contribution >= 4 is 53.3 Å². The van der Waals surface area contributed by atoms with Crippen LogP contribution in [0.15, 0.2) is 35.7 Å². The molecule has 0 radical (unpaired) electrons. The van der Waals surface area contributed by atoms with E-state index in [-0.39, 0.29) is 6.61 Å². The lowest BCUT2D eigenvalue weighted by molar-refractivity contribution is 0.303. The molecule has 4 heterocycles. The van der Waals surface area contributed by atoms with Crippen LogP contribution in [0.5, 0.6) is 0 Å². The van der Waals surface area contributed by atoms with Crippen molar-refractivity contribution in [1.82, 2.24) is 29.4 Å². The molecule has 0 spiro atoms. The zero-order chi connectivity index (χ0) is 28.4. The monoisotopic (exact) mass is 606 g/mol.